The Morgan fingerprint density at radius 2 is 2.05 bits per heavy atom. The topological polar surface area (TPSA) is 24.9 Å². The molecule has 2 rings (SSSR count). The molecule has 0 saturated carbocycles. The number of hydrogen-bond acceptors (Lipinski definition) is 2. The lowest BCUT2D eigenvalue weighted by Gasteiger charge is -2.19. The van der Waals surface area contributed by atoms with Crippen molar-refractivity contribution in [3.05, 3.63) is 64.4 Å². The summed E-state index contributed by atoms with van der Waals surface area (Å²) in [7, 11) is 0. The Hall–Kier alpha value is -1.52. The van der Waals surface area contributed by atoms with Gasteiger partial charge in [-0.05, 0) is 37.2 Å². The van der Waals surface area contributed by atoms with E-state index in [2.05, 4.69) is 10.3 Å². The number of aromatic nitrogens is 1. The number of nitrogens with one attached hydrogen (secondary N) is 1. The van der Waals surface area contributed by atoms with Gasteiger partial charge < -0.3 is 5.32 Å². The molecule has 0 radical (unpaired) electrons. The molecule has 0 aliphatic carbocycles. The smallest absolute Gasteiger partial charge is 0.142 e. The molecule has 1 N–H and O–H groups in total. The molecular formula is C16H17ClF2N2. The van der Waals surface area contributed by atoms with Crippen molar-refractivity contribution in [2.75, 3.05) is 6.54 Å². The van der Waals surface area contributed by atoms with Crippen LogP contribution in [0.2, 0.25) is 5.02 Å². The molecule has 0 spiro atoms. The molecule has 0 fully saturated rings. The fourth-order valence-corrected chi connectivity index (χ4v) is 2.29. The van der Waals surface area contributed by atoms with Crippen LogP contribution in [0.3, 0.4) is 0 Å². The van der Waals surface area contributed by atoms with Gasteiger partial charge in [0.25, 0.3) is 0 Å². The SMILES string of the molecule is CCCNC(Cc1ccccn1)c1cc(F)c(Cl)cc1F. The first kappa shape index (κ1) is 15.9. The van der Waals surface area contributed by atoms with Crippen LogP contribution in [0.4, 0.5) is 8.78 Å². The Morgan fingerprint density at radius 3 is 2.71 bits per heavy atom. The molecule has 0 amide bonds. The van der Waals surface area contributed by atoms with E-state index in [1.54, 1.807) is 6.20 Å². The lowest BCUT2D eigenvalue weighted by Crippen LogP contribution is -2.25. The summed E-state index contributed by atoms with van der Waals surface area (Å²) in [4.78, 5) is 4.24. The van der Waals surface area contributed by atoms with Crippen molar-refractivity contribution in [1.82, 2.24) is 10.3 Å². The van der Waals surface area contributed by atoms with Crippen LogP contribution in [0.1, 0.15) is 30.6 Å². The maximum absolute atomic E-state index is 14.1. The van der Waals surface area contributed by atoms with E-state index in [0.29, 0.717) is 13.0 Å². The Balaban J connectivity index is 2.29. The molecule has 1 aromatic carbocycles. The van der Waals surface area contributed by atoms with E-state index in [1.165, 1.54) is 0 Å². The van der Waals surface area contributed by atoms with Crippen LogP contribution in [0, 0.1) is 11.6 Å². The third-order valence-corrected chi connectivity index (χ3v) is 3.48. The largest absolute Gasteiger partial charge is 0.310 e. The summed E-state index contributed by atoms with van der Waals surface area (Å²) in [5.41, 5.74) is 1.09. The highest BCUT2D eigenvalue weighted by atomic mass is 35.5. The maximum Gasteiger partial charge on any atom is 0.142 e. The van der Waals surface area contributed by atoms with Crippen LogP contribution in [-0.4, -0.2) is 11.5 Å². The summed E-state index contributed by atoms with van der Waals surface area (Å²) < 4.78 is 27.7. The van der Waals surface area contributed by atoms with Crippen LogP contribution >= 0.6 is 11.6 Å². The van der Waals surface area contributed by atoms with Gasteiger partial charge >= 0.3 is 0 Å². The summed E-state index contributed by atoms with van der Waals surface area (Å²) in [6, 6.07) is 7.40. The van der Waals surface area contributed by atoms with Gasteiger partial charge in [0, 0.05) is 29.9 Å². The average Bonchev–Trinajstić information content (AvgIpc) is 2.48. The zero-order chi connectivity index (χ0) is 15.2. The predicted molar refractivity (Wildman–Crippen MR) is 80.3 cm³/mol. The standard InChI is InChI=1S/C16H17ClF2N2/c1-2-6-21-16(8-11-5-3-4-7-20-11)12-9-15(19)13(17)10-14(12)18/h3-5,7,9-10,16,21H,2,6,8H2,1H3. The minimum Gasteiger partial charge on any atom is -0.310 e. The summed E-state index contributed by atoms with van der Waals surface area (Å²) in [5, 5.41) is 3.03. The Labute approximate surface area is 128 Å². The van der Waals surface area contributed by atoms with Crippen molar-refractivity contribution < 1.29 is 8.78 Å². The van der Waals surface area contributed by atoms with Gasteiger partial charge in [-0.2, -0.15) is 0 Å². The minimum atomic E-state index is -0.614. The number of pyridine rings is 1. The fraction of sp³-hybridized carbons (Fsp3) is 0.312. The monoisotopic (exact) mass is 310 g/mol. The average molecular weight is 311 g/mol. The first-order chi connectivity index (χ1) is 10.1. The van der Waals surface area contributed by atoms with Gasteiger partial charge in [0.2, 0.25) is 0 Å². The van der Waals surface area contributed by atoms with Crippen LogP contribution in [-0.2, 0) is 6.42 Å². The quantitative estimate of drug-likeness (QED) is 0.805. The van der Waals surface area contributed by atoms with Gasteiger partial charge in [0.15, 0.2) is 0 Å². The number of rotatable bonds is 6. The first-order valence-corrected chi connectivity index (χ1v) is 7.27. The number of nitrogens with zero attached hydrogens (tertiary/aromatic N) is 1. The molecule has 2 nitrogen and oxygen atoms in total. The van der Waals surface area contributed by atoms with E-state index in [0.717, 1.165) is 24.2 Å². The predicted octanol–water partition coefficient (Wildman–Crippen LogP) is 4.30. The molecule has 1 atom stereocenters. The third kappa shape index (κ3) is 4.22. The van der Waals surface area contributed by atoms with Crippen molar-refractivity contribution >= 4 is 11.6 Å². The number of benzene rings is 1. The van der Waals surface area contributed by atoms with E-state index >= 15 is 0 Å². The Bertz CT molecular complexity index is 590. The zero-order valence-corrected chi connectivity index (χ0v) is 12.5. The van der Waals surface area contributed by atoms with E-state index in [4.69, 9.17) is 11.6 Å². The van der Waals surface area contributed by atoms with Crippen molar-refractivity contribution in [2.45, 2.75) is 25.8 Å². The molecular weight excluding hydrogens is 294 g/mol. The second-order valence-corrected chi connectivity index (χ2v) is 5.23. The van der Waals surface area contributed by atoms with E-state index < -0.39 is 11.6 Å². The second kappa shape index (κ2) is 7.48. The van der Waals surface area contributed by atoms with Crippen molar-refractivity contribution in [3.8, 4) is 0 Å². The van der Waals surface area contributed by atoms with Crippen LogP contribution < -0.4 is 5.32 Å². The molecule has 112 valence electrons. The van der Waals surface area contributed by atoms with Crippen molar-refractivity contribution in [3.63, 3.8) is 0 Å². The van der Waals surface area contributed by atoms with Gasteiger partial charge in [0.05, 0.1) is 5.02 Å². The lowest BCUT2D eigenvalue weighted by atomic mass is 10.0. The minimum absolute atomic E-state index is 0.205. The number of halogens is 3. The van der Waals surface area contributed by atoms with Crippen LogP contribution in [0.5, 0.6) is 0 Å². The van der Waals surface area contributed by atoms with Gasteiger partial charge in [-0.25, -0.2) is 8.78 Å². The molecule has 2 aromatic rings. The Morgan fingerprint density at radius 1 is 1.24 bits per heavy atom. The van der Waals surface area contributed by atoms with Gasteiger partial charge in [-0.1, -0.05) is 24.6 Å². The van der Waals surface area contributed by atoms with Crippen LogP contribution in [0.15, 0.2) is 36.5 Å². The molecule has 21 heavy (non-hydrogen) atoms. The summed E-state index contributed by atoms with van der Waals surface area (Å²) in [6.07, 6.45) is 3.07. The van der Waals surface area contributed by atoms with Crippen molar-refractivity contribution in [2.24, 2.45) is 0 Å². The third-order valence-electron chi connectivity index (χ3n) is 3.20. The molecule has 1 aromatic heterocycles. The normalized spacial score (nSPS) is 12.4. The molecule has 5 heteroatoms. The second-order valence-electron chi connectivity index (χ2n) is 4.82. The van der Waals surface area contributed by atoms with E-state index in [9.17, 15) is 8.78 Å². The summed E-state index contributed by atoms with van der Waals surface area (Å²) in [6.45, 7) is 2.73. The van der Waals surface area contributed by atoms with Crippen molar-refractivity contribution in [1.29, 1.82) is 0 Å². The lowest BCUT2D eigenvalue weighted by molar-refractivity contribution is 0.487. The Kier molecular flexibility index (Phi) is 5.65. The highest BCUT2D eigenvalue weighted by Gasteiger charge is 2.18. The summed E-state index contributed by atoms with van der Waals surface area (Å²) >= 11 is 5.61. The summed E-state index contributed by atoms with van der Waals surface area (Å²) in [5.74, 6) is -1.12. The maximum atomic E-state index is 14.1. The molecule has 0 aliphatic rings. The molecule has 0 bridgehead atoms. The van der Waals surface area contributed by atoms with Crippen LogP contribution in [0.25, 0.3) is 0 Å². The zero-order valence-electron chi connectivity index (χ0n) is 11.7. The van der Waals surface area contributed by atoms with Gasteiger partial charge in [0.1, 0.15) is 11.6 Å². The van der Waals surface area contributed by atoms with E-state index in [1.807, 2.05) is 25.1 Å². The molecule has 1 heterocycles. The van der Waals surface area contributed by atoms with E-state index in [-0.39, 0.29) is 16.6 Å². The first-order valence-electron chi connectivity index (χ1n) is 6.89. The highest BCUT2D eigenvalue weighted by Crippen LogP contribution is 2.26. The fourth-order valence-electron chi connectivity index (χ4n) is 2.14. The van der Waals surface area contributed by atoms with Gasteiger partial charge in [-0.3, -0.25) is 4.98 Å². The number of hydrogen-bond donors (Lipinski definition) is 1. The molecule has 0 aliphatic heterocycles. The molecule has 0 saturated heterocycles. The molecule has 1 unspecified atom stereocenters. The highest BCUT2D eigenvalue weighted by molar-refractivity contribution is 6.30. The van der Waals surface area contributed by atoms with Gasteiger partial charge in [-0.15, -0.1) is 0 Å².